The van der Waals surface area contributed by atoms with Gasteiger partial charge in [-0.05, 0) is 29.7 Å². The molecule has 0 aliphatic rings. The van der Waals surface area contributed by atoms with Crippen molar-refractivity contribution in [2.75, 3.05) is 11.5 Å². The summed E-state index contributed by atoms with van der Waals surface area (Å²) < 4.78 is 0. The third-order valence-electron chi connectivity index (χ3n) is 2.73. The maximum atomic E-state index is 5.65. The molecule has 0 amide bonds. The minimum absolute atomic E-state index is 0.267. The lowest BCUT2D eigenvalue weighted by molar-refractivity contribution is 0.610. The average molecular weight is 252 g/mol. The Morgan fingerprint density at radius 2 is 2.12 bits per heavy atom. The molecule has 1 rings (SSSR count). The van der Waals surface area contributed by atoms with Crippen LogP contribution >= 0.6 is 11.8 Å². The van der Waals surface area contributed by atoms with E-state index < -0.39 is 0 Å². The number of nitrogens with one attached hydrogen (secondary N) is 1. The molecule has 1 aromatic rings. The molecule has 1 aromatic carbocycles. The zero-order valence-electron chi connectivity index (χ0n) is 10.9. The van der Waals surface area contributed by atoms with E-state index in [0.29, 0.717) is 0 Å². The number of aryl methyl sites for hydroxylation is 1. The van der Waals surface area contributed by atoms with Crippen molar-refractivity contribution in [2.45, 2.75) is 39.2 Å². The van der Waals surface area contributed by atoms with E-state index in [1.807, 2.05) is 11.8 Å². The smallest absolute Gasteiger partial charge is 0.0550 e. The summed E-state index contributed by atoms with van der Waals surface area (Å²) in [6.45, 7) is 4.42. The highest BCUT2D eigenvalue weighted by molar-refractivity contribution is 7.99. The minimum atomic E-state index is 0.267. The molecule has 0 aromatic heterocycles. The summed E-state index contributed by atoms with van der Waals surface area (Å²) in [4.78, 5) is 0. The number of hydrogen-bond donors (Lipinski definition) is 2. The molecule has 0 bridgehead atoms. The Morgan fingerprint density at radius 3 is 2.76 bits per heavy atom. The maximum absolute atomic E-state index is 5.65. The van der Waals surface area contributed by atoms with Gasteiger partial charge in [0.05, 0.1) is 6.04 Å². The summed E-state index contributed by atoms with van der Waals surface area (Å²) in [5.41, 5.74) is 5.64. The van der Waals surface area contributed by atoms with Crippen LogP contribution < -0.4 is 11.3 Å². The van der Waals surface area contributed by atoms with E-state index in [-0.39, 0.29) is 6.04 Å². The number of rotatable bonds is 8. The second kappa shape index (κ2) is 8.56. The van der Waals surface area contributed by atoms with Crippen LogP contribution in [0.5, 0.6) is 0 Å². The van der Waals surface area contributed by atoms with Gasteiger partial charge in [-0.1, -0.05) is 44.5 Å². The van der Waals surface area contributed by atoms with Crippen LogP contribution in [0.3, 0.4) is 0 Å². The van der Waals surface area contributed by atoms with Crippen molar-refractivity contribution >= 4 is 11.8 Å². The van der Waals surface area contributed by atoms with Gasteiger partial charge in [-0.15, -0.1) is 0 Å². The van der Waals surface area contributed by atoms with E-state index in [4.69, 9.17) is 5.84 Å². The van der Waals surface area contributed by atoms with Crippen LogP contribution in [-0.2, 0) is 6.42 Å². The van der Waals surface area contributed by atoms with Crippen LogP contribution in [-0.4, -0.2) is 11.5 Å². The van der Waals surface area contributed by atoms with Crippen LogP contribution in [0, 0.1) is 0 Å². The van der Waals surface area contributed by atoms with Gasteiger partial charge in [0, 0.05) is 5.75 Å². The normalized spacial score (nSPS) is 12.6. The zero-order valence-corrected chi connectivity index (χ0v) is 11.7. The molecule has 0 radical (unpaired) electrons. The van der Waals surface area contributed by atoms with Crippen molar-refractivity contribution in [3.05, 3.63) is 35.4 Å². The fourth-order valence-corrected chi connectivity index (χ4v) is 2.82. The molecule has 0 saturated heterocycles. The predicted molar refractivity (Wildman–Crippen MR) is 78.1 cm³/mol. The Balaban J connectivity index is 2.63. The second-order valence-corrected chi connectivity index (χ2v) is 5.44. The highest BCUT2D eigenvalue weighted by Crippen LogP contribution is 2.19. The van der Waals surface area contributed by atoms with E-state index in [2.05, 4.69) is 43.5 Å². The van der Waals surface area contributed by atoms with Crippen LogP contribution in [0.2, 0.25) is 0 Å². The van der Waals surface area contributed by atoms with Gasteiger partial charge in [-0.25, -0.2) is 0 Å². The van der Waals surface area contributed by atoms with Gasteiger partial charge in [-0.2, -0.15) is 11.8 Å². The Morgan fingerprint density at radius 1 is 1.29 bits per heavy atom. The summed E-state index contributed by atoms with van der Waals surface area (Å²) >= 11 is 1.96. The van der Waals surface area contributed by atoms with Crippen LogP contribution in [0.15, 0.2) is 24.3 Å². The zero-order chi connectivity index (χ0) is 12.5. The van der Waals surface area contributed by atoms with Crippen LogP contribution in [0.4, 0.5) is 0 Å². The molecule has 0 heterocycles. The lowest BCUT2D eigenvalue weighted by atomic mass is 10.0. The first kappa shape index (κ1) is 14.6. The molecule has 0 saturated carbocycles. The summed E-state index contributed by atoms with van der Waals surface area (Å²) in [7, 11) is 0. The van der Waals surface area contributed by atoms with Gasteiger partial charge in [0.1, 0.15) is 0 Å². The quantitative estimate of drug-likeness (QED) is 0.423. The SMILES string of the molecule is CCCSCC(NN)c1cccc(CCC)c1. The molecule has 0 aliphatic carbocycles. The maximum Gasteiger partial charge on any atom is 0.0550 e. The van der Waals surface area contributed by atoms with Crippen LogP contribution in [0.25, 0.3) is 0 Å². The Hall–Kier alpha value is -0.510. The molecule has 1 atom stereocenters. The van der Waals surface area contributed by atoms with Crippen molar-refractivity contribution in [2.24, 2.45) is 5.84 Å². The van der Waals surface area contributed by atoms with Crippen LogP contribution in [0.1, 0.15) is 43.9 Å². The molecule has 3 N–H and O–H groups in total. The molecule has 0 spiro atoms. The summed E-state index contributed by atoms with van der Waals surface area (Å²) in [5.74, 6) is 7.89. The predicted octanol–water partition coefficient (Wildman–Crippen LogP) is 3.29. The van der Waals surface area contributed by atoms with E-state index in [0.717, 1.165) is 12.2 Å². The van der Waals surface area contributed by atoms with Crippen molar-refractivity contribution in [3.8, 4) is 0 Å². The summed E-state index contributed by atoms with van der Waals surface area (Å²) in [6, 6.07) is 9.04. The van der Waals surface area contributed by atoms with Crippen molar-refractivity contribution in [1.29, 1.82) is 0 Å². The first-order valence-corrected chi connectivity index (χ1v) is 7.60. The molecule has 3 heteroatoms. The first-order valence-electron chi connectivity index (χ1n) is 6.44. The topological polar surface area (TPSA) is 38.0 Å². The molecule has 1 unspecified atom stereocenters. The molecule has 0 fully saturated rings. The van der Waals surface area contributed by atoms with E-state index in [1.54, 1.807) is 0 Å². The number of hydrogen-bond acceptors (Lipinski definition) is 3. The molecular weight excluding hydrogens is 228 g/mol. The fourth-order valence-electron chi connectivity index (χ4n) is 1.84. The van der Waals surface area contributed by atoms with Gasteiger partial charge < -0.3 is 0 Å². The van der Waals surface area contributed by atoms with Crippen molar-refractivity contribution in [3.63, 3.8) is 0 Å². The standard InChI is InChI=1S/C14H24N2S/c1-3-6-12-7-5-8-13(10-12)14(16-15)11-17-9-4-2/h5,7-8,10,14,16H,3-4,6,9,11,15H2,1-2H3. The van der Waals surface area contributed by atoms with Gasteiger partial charge >= 0.3 is 0 Å². The fraction of sp³-hybridized carbons (Fsp3) is 0.571. The highest BCUT2D eigenvalue weighted by atomic mass is 32.2. The van der Waals surface area contributed by atoms with Crippen molar-refractivity contribution in [1.82, 2.24) is 5.43 Å². The van der Waals surface area contributed by atoms with Gasteiger partial charge in [-0.3, -0.25) is 11.3 Å². The lowest BCUT2D eigenvalue weighted by Gasteiger charge is -2.16. The second-order valence-electron chi connectivity index (χ2n) is 4.29. The molecule has 17 heavy (non-hydrogen) atoms. The average Bonchev–Trinajstić information content (AvgIpc) is 2.35. The number of nitrogens with two attached hydrogens (primary N) is 1. The van der Waals surface area contributed by atoms with Crippen molar-refractivity contribution < 1.29 is 0 Å². The monoisotopic (exact) mass is 252 g/mol. The largest absolute Gasteiger partial charge is 0.271 e. The molecule has 2 nitrogen and oxygen atoms in total. The van der Waals surface area contributed by atoms with E-state index >= 15 is 0 Å². The minimum Gasteiger partial charge on any atom is -0.271 e. The third kappa shape index (κ3) is 5.11. The number of hydrazine groups is 1. The number of benzene rings is 1. The Bertz CT molecular complexity index is 315. The summed E-state index contributed by atoms with van der Waals surface area (Å²) in [5, 5.41) is 0. The summed E-state index contributed by atoms with van der Waals surface area (Å²) in [6.07, 6.45) is 3.56. The highest BCUT2D eigenvalue weighted by Gasteiger charge is 2.09. The molecule has 0 aliphatic heterocycles. The van der Waals surface area contributed by atoms with E-state index in [9.17, 15) is 0 Å². The van der Waals surface area contributed by atoms with Gasteiger partial charge in [0.15, 0.2) is 0 Å². The first-order chi connectivity index (χ1) is 8.31. The van der Waals surface area contributed by atoms with Gasteiger partial charge in [0.2, 0.25) is 0 Å². The number of thioether (sulfide) groups is 1. The third-order valence-corrected chi connectivity index (χ3v) is 3.99. The Kier molecular flexibility index (Phi) is 7.33. The van der Waals surface area contributed by atoms with Gasteiger partial charge in [0.25, 0.3) is 0 Å². The molecular formula is C14H24N2S. The Labute approximate surface area is 109 Å². The molecule has 96 valence electrons. The van der Waals surface area contributed by atoms with E-state index in [1.165, 1.54) is 29.7 Å². The lowest BCUT2D eigenvalue weighted by Crippen LogP contribution is -2.29.